The van der Waals surface area contributed by atoms with E-state index in [0.29, 0.717) is 10.8 Å². The van der Waals surface area contributed by atoms with Gasteiger partial charge in [0.05, 0.1) is 6.07 Å². The number of nitriles is 1. The van der Waals surface area contributed by atoms with E-state index in [-0.39, 0.29) is 6.42 Å². The van der Waals surface area contributed by atoms with E-state index in [1.807, 2.05) is 6.92 Å². The molecule has 0 spiro atoms. The molecule has 1 rings (SSSR count). The van der Waals surface area contributed by atoms with Gasteiger partial charge in [-0.2, -0.15) is 5.26 Å². The predicted octanol–water partition coefficient (Wildman–Crippen LogP) is 2.72. The quantitative estimate of drug-likeness (QED) is 0.585. The number of halogens is 1. The summed E-state index contributed by atoms with van der Waals surface area (Å²) in [5.74, 6) is -0.0725. The molecule has 0 amide bonds. The fraction of sp³-hybridized carbons (Fsp3) is 0.273. The van der Waals surface area contributed by atoms with E-state index in [0.717, 1.165) is 12.0 Å². The zero-order valence-corrected chi connectivity index (χ0v) is 9.04. The third kappa shape index (κ3) is 3.26. The summed E-state index contributed by atoms with van der Waals surface area (Å²) < 4.78 is 5.01. The molecule has 0 radical (unpaired) electrons. The van der Waals surface area contributed by atoms with Crippen LogP contribution in [0, 0.1) is 11.3 Å². The molecule has 0 aromatic heterocycles. The third-order valence-electron chi connectivity index (χ3n) is 1.85. The van der Waals surface area contributed by atoms with Gasteiger partial charge in [0.2, 0.25) is 0 Å². The van der Waals surface area contributed by atoms with Gasteiger partial charge in [0.15, 0.2) is 0 Å². The van der Waals surface area contributed by atoms with Crippen LogP contribution in [0.1, 0.15) is 18.9 Å². The largest absolute Gasteiger partial charge is 0.425 e. The molecule has 1 aromatic carbocycles. The number of nitrogens with zero attached hydrogens (tertiary/aromatic N) is 1. The van der Waals surface area contributed by atoms with Gasteiger partial charge in [-0.15, -0.1) is 0 Å². The van der Waals surface area contributed by atoms with Crippen molar-refractivity contribution in [3.8, 4) is 11.8 Å². The Morgan fingerprint density at radius 2 is 2.33 bits per heavy atom. The standard InChI is InChI=1S/C11H10ClNO2/c1-2-8-7-9(12)3-4-10(8)15-11(14)5-6-13/h3-4,7H,2,5H2,1H3. The predicted molar refractivity (Wildman–Crippen MR) is 56.7 cm³/mol. The second kappa shape index (κ2) is 5.38. The molecule has 15 heavy (non-hydrogen) atoms. The first-order valence-corrected chi connectivity index (χ1v) is 4.91. The van der Waals surface area contributed by atoms with Crippen LogP contribution in [0.4, 0.5) is 0 Å². The lowest BCUT2D eigenvalue weighted by molar-refractivity contribution is -0.133. The molecule has 0 saturated carbocycles. The number of esters is 1. The second-order valence-electron chi connectivity index (χ2n) is 2.91. The molecule has 0 unspecified atom stereocenters. The van der Waals surface area contributed by atoms with E-state index in [1.165, 1.54) is 0 Å². The lowest BCUT2D eigenvalue weighted by atomic mass is 10.1. The van der Waals surface area contributed by atoms with Crippen LogP contribution in [0.25, 0.3) is 0 Å². The van der Waals surface area contributed by atoms with Crippen molar-refractivity contribution in [1.29, 1.82) is 5.26 Å². The number of rotatable bonds is 3. The molecular weight excluding hydrogens is 214 g/mol. The molecule has 0 N–H and O–H groups in total. The second-order valence-corrected chi connectivity index (χ2v) is 3.35. The van der Waals surface area contributed by atoms with Gasteiger partial charge >= 0.3 is 5.97 Å². The van der Waals surface area contributed by atoms with Gasteiger partial charge in [0.1, 0.15) is 12.2 Å². The Kier molecular flexibility index (Phi) is 4.14. The summed E-state index contributed by atoms with van der Waals surface area (Å²) >= 11 is 5.80. The molecule has 0 atom stereocenters. The van der Waals surface area contributed by atoms with E-state index in [1.54, 1.807) is 24.3 Å². The van der Waals surface area contributed by atoms with Crippen LogP contribution in [0.3, 0.4) is 0 Å². The molecule has 0 aliphatic rings. The van der Waals surface area contributed by atoms with E-state index >= 15 is 0 Å². The maximum absolute atomic E-state index is 11.1. The van der Waals surface area contributed by atoms with E-state index in [2.05, 4.69) is 0 Å². The molecule has 4 heteroatoms. The molecule has 0 saturated heterocycles. The lowest BCUT2D eigenvalue weighted by Crippen LogP contribution is -2.07. The van der Waals surface area contributed by atoms with Crippen molar-refractivity contribution >= 4 is 17.6 Å². The Bertz CT molecular complexity index is 410. The van der Waals surface area contributed by atoms with E-state index in [9.17, 15) is 4.79 Å². The number of aryl methyl sites for hydroxylation is 1. The molecule has 0 bridgehead atoms. The minimum Gasteiger partial charge on any atom is -0.425 e. The fourth-order valence-corrected chi connectivity index (χ4v) is 1.34. The molecular formula is C11H10ClNO2. The number of hydrogen-bond acceptors (Lipinski definition) is 3. The summed E-state index contributed by atoms with van der Waals surface area (Å²) in [5, 5.41) is 8.92. The summed E-state index contributed by atoms with van der Waals surface area (Å²) in [6, 6.07) is 6.77. The summed E-state index contributed by atoms with van der Waals surface area (Å²) in [6.07, 6.45) is 0.474. The van der Waals surface area contributed by atoms with Crippen molar-refractivity contribution in [3.63, 3.8) is 0 Å². The maximum Gasteiger partial charge on any atom is 0.325 e. The van der Waals surface area contributed by atoms with Crippen LogP contribution < -0.4 is 4.74 Å². The number of ether oxygens (including phenoxy) is 1. The van der Waals surface area contributed by atoms with Gasteiger partial charge in [-0.25, -0.2) is 0 Å². The minimum atomic E-state index is -0.547. The van der Waals surface area contributed by atoms with Gasteiger partial charge in [-0.05, 0) is 30.2 Å². The van der Waals surface area contributed by atoms with Crippen LogP contribution in [0.2, 0.25) is 5.02 Å². The number of carbonyl (C=O) groups is 1. The summed E-state index contributed by atoms with van der Waals surface area (Å²) in [7, 11) is 0. The monoisotopic (exact) mass is 223 g/mol. The highest BCUT2D eigenvalue weighted by Gasteiger charge is 2.08. The zero-order chi connectivity index (χ0) is 11.3. The van der Waals surface area contributed by atoms with E-state index < -0.39 is 5.97 Å². The van der Waals surface area contributed by atoms with Crippen LogP contribution >= 0.6 is 11.6 Å². The minimum absolute atomic E-state index is 0.244. The highest BCUT2D eigenvalue weighted by molar-refractivity contribution is 6.30. The molecule has 0 aliphatic carbocycles. The first kappa shape index (κ1) is 11.5. The van der Waals surface area contributed by atoms with Crippen molar-refractivity contribution < 1.29 is 9.53 Å². The SMILES string of the molecule is CCc1cc(Cl)ccc1OC(=O)CC#N. The Morgan fingerprint density at radius 1 is 1.60 bits per heavy atom. The Hall–Kier alpha value is -1.53. The number of hydrogen-bond donors (Lipinski definition) is 0. The maximum atomic E-state index is 11.1. The number of benzene rings is 1. The fourth-order valence-electron chi connectivity index (χ4n) is 1.15. The van der Waals surface area contributed by atoms with Crippen LogP contribution in [-0.2, 0) is 11.2 Å². The van der Waals surface area contributed by atoms with Crippen molar-refractivity contribution in [3.05, 3.63) is 28.8 Å². The molecule has 78 valence electrons. The van der Waals surface area contributed by atoms with Crippen molar-refractivity contribution in [1.82, 2.24) is 0 Å². The van der Waals surface area contributed by atoms with Crippen LogP contribution in [0.5, 0.6) is 5.75 Å². The third-order valence-corrected chi connectivity index (χ3v) is 2.09. The normalized spacial score (nSPS) is 9.40. The molecule has 3 nitrogen and oxygen atoms in total. The average molecular weight is 224 g/mol. The Morgan fingerprint density at radius 3 is 2.93 bits per heavy atom. The first-order chi connectivity index (χ1) is 7.17. The first-order valence-electron chi connectivity index (χ1n) is 4.53. The van der Waals surface area contributed by atoms with E-state index in [4.69, 9.17) is 21.6 Å². The Labute approximate surface area is 93.2 Å². The summed E-state index contributed by atoms with van der Waals surface area (Å²) in [4.78, 5) is 11.1. The summed E-state index contributed by atoms with van der Waals surface area (Å²) in [5.41, 5.74) is 0.855. The highest BCUT2D eigenvalue weighted by Crippen LogP contribution is 2.23. The smallest absolute Gasteiger partial charge is 0.325 e. The highest BCUT2D eigenvalue weighted by atomic mass is 35.5. The zero-order valence-electron chi connectivity index (χ0n) is 8.29. The van der Waals surface area contributed by atoms with Crippen molar-refractivity contribution in [2.45, 2.75) is 19.8 Å². The van der Waals surface area contributed by atoms with Crippen LogP contribution in [0.15, 0.2) is 18.2 Å². The van der Waals surface area contributed by atoms with Gasteiger partial charge in [0, 0.05) is 5.02 Å². The topological polar surface area (TPSA) is 50.1 Å². The average Bonchev–Trinajstić information content (AvgIpc) is 2.21. The lowest BCUT2D eigenvalue weighted by Gasteiger charge is -2.07. The number of carbonyl (C=O) groups excluding carboxylic acids is 1. The van der Waals surface area contributed by atoms with Crippen LogP contribution in [-0.4, -0.2) is 5.97 Å². The Balaban J connectivity index is 2.85. The van der Waals surface area contributed by atoms with Gasteiger partial charge in [-0.1, -0.05) is 18.5 Å². The molecule has 0 heterocycles. The van der Waals surface area contributed by atoms with Gasteiger partial charge in [-0.3, -0.25) is 4.79 Å². The van der Waals surface area contributed by atoms with Gasteiger partial charge in [0.25, 0.3) is 0 Å². The molecule has 0 fully saturated rings. The molecule has 0 aliphatic heterocycles. The van der Waals surface area contributed by atoms with Gasteiger partial charge < -0.3 is 4.74 Å². The van der Waals surface area contributed by atoms with Crippen molar-refractivity contribution in [2.75, 3.05) is 0 Å². The summed E-state index contributed by atoms with van der Waals surface area (Å²) in [6.45, 7) is 1.94. The van der Waals surface area contributed by atoms with Crippen molar-refractivity contribution in [2.24, 2.45) is 0 Å². The molecule has 1 aromatic rings.